The lowest BCUT2D eigenvalue weighted by Gasteiger charge is -2.47. The van der Waals surface area contributed by atoms with E-state index in [-0.39, 0.29) is 0 Å². The van der Waals surface area contributed by atoms with Gasteiger partial charge in [-0.15, -0.1) is 0 Å². The van der Waals surface area contributed by atoms with Gasteiger partial charge in [-0.1, -0.05) is 158 Å². The molecule has 0 atom stereocenters. The van der Waals surface area contributed by atoms with Crippen molar-refractivity contribution in [3.8, 4) is 23.6 Å². The lowest BCUT2D eigenvalue weighted by Crippen LogP contribution is -2.38. The molecular formula is C53H32N4O. The fourth-order valence-corrected chi connectivity index (χ4v) is 9.36. The van der Waals surface area contributed by atoms with Crippen LogP contribution in [0.15, 0.2) is 194 Å². The Morgan fingerprint density at radius 3 is 1.57 bits per heavy atom. The van der Waals surface area contributed by atoms with Crippen LogP contribution in [0, 0.1) is 22.7 Å². The quantitative estimate of drug-likeness (QED) is 0.180. The Labute approximate surface area is 336 Å². The SMILES string of the molecule is N#Cc1cc(C#N)c(N2c3ccccc3C(c3ccccc3)(c3ccccc3)c3ccc4ccccc4c32)cc1N1c2ccccc2Oc2ccc3ccccc3c21. The molecule has 0 spiro atoms. The fourth-order valence-electron chi connectivity index (χ4n) is 9.36. The zero-order chi connectivity index (χ0) is 38.8. The van der Waals surface area contributed by atoms with E-state index < -0.39 is 5.41 Å². The summed E-state index contributed by atoms with van der Waals surface area (Å²) in [6, 6.07) is 71.9. The number of para-hydroxylation sites is 3. The maximum absolute atomic E-state index is 11.1. The van der Waals surface area contributed by atoms with Gasteiger partial charge in [0.15, 0.2) is 11.5 Å². The molecule has 0 fully saturated rings. The van der Waals surface area contributed by atoms with E-state index in [1.165, 1.54) is 0 Å². The van der Waals surface area contributed by atoms with Crippen molar-refractivity contribution in [3.05, 3.63) is 228 Å². The van der Waals surface area contributed by atoms with Crippen LogP contribution < -0.4 is 14.5 Å². The van der Waals surface area contributed by atoms with Gasteiger partial charge >= 0.3 is 0 Å². The average Bonchev–Trinajstić information content (AvgIpc) is 3.30. The van der Waals surface area contributed by atoms with E-state index in [0.717, 1.165) is 66.5 Å². The van der Waals surface area contributed by atoms with Crippen molar-refractivity contribution in [2.75, 3.05) is 9.80 Å². The van der Waals surface area contributed by atoms with Crippen molar-refractivity contribution in [2.45, 2.75) is 5.41 Å². The highest BCUT2D eigenvalue weighted by molar-refractivity contribution is 6.08. The maximum Gasteiger partial charge on any atom is 0.152 e. The summed E-state index contributed by atoms with van der Waals surface area (Å²) in [6.45, 7) is 0. The molecule has 0 amide bonds. The second kappa shape index (κ2) is 13.0. The number of nitrogens with zero attached hydrogens (tertiary/aromatic N) is 4. The number of ether oxygens (including phenoxy) is 1. The maximum atomic E-state index is 11.1. The molecule has 2 aliphatic rings. The van der Waals surface area contributed by atoms with E-state index in [0.29, 0.717) is 34.0 Å². The van der Waals surface area contributed by atoms with Gasteiger partial charge < -0.3 is 14.5 Å². The zero-order valence-corrected chi connectivity index (χ0v) is 31.2. The Morgan fingerprint density at radius 2 is 0.914 bits per heavy atom. The number of hydrogen-bond acceptors (Lipinski definition) is 5. The average molecular weight is 741 g/mol. The van der Waals surface area contributed by atoms with Crippen LogP contribution in [0.1, 0.15) is 33.4 Å². The fraction of sp³-hybridized carbons (Fsp3) is 0.0189. The van der Waals surface area contributed by atoms with Crippen LogP contribution in [0.4, 0.5) is 34.1 Å². The molecule has 0 saturated carbocycles. The number of hydrogen-bond donors (Lipinski definition) is 0. The second-order valence-electron chi connectivity index (χ2n) is 14.7. The van der Waals surface area contributed by atoms with Gasteiger partial charge in [0.2, 0.25) is 0 Å². The van der Waals surface area contributed by atoms with Crippen molar-refractivity contribution in [1.29, 1.82) is 10.5 Å². The summed E-state index contributed by atoms with van der Waals surface area (Å²) in [5.74, 6) is 1.36. The van der Waals surface area contributed by atoms with Crippen molar-refractivity contribution in [2.24, 2.45) is 0 Å². The number of benzene rings is 9. The molecule has 2 aliphatic heterocycles. The minimum atomic E-state index is -0.710. The predicted octanol–water partition coefficient (Wildman–Crippen LogP) is 13.5. The lowest BCUT2D eigenvalue weighted by molar-refractivity contribution is 0.478. The first-order valence-corrected chi connectivity index (χ1v) is 19.3. The van der Waals surface area contributed by atoms with Crippen LogP contribution in [0.25, 0.3) is 21.5 Å². The molecule has 0 N–H and O–H groups in total. The molecule has 0 unspecified atom stereocenters. The normalized spacial score (nSPS) is 13.3. The van der Waals surface area contributed by atoms with Gasteiger partial charge in [-0.3, -0.25) is 0 Å². The topological polar surface area (TPSA) is 63.3 Å². The van der Waals surface area contributed by atoms with E-state index in [9.17, 15) is 10.5 Å². The van der Waals surface area contributed by atoms with Crippen LogP contribution in [0.5, 0.6) is 11.5 Å². The van der Waals surface area contributed by atoms with Crippen molar-refractivity contribution >= 4 is 55.7 Å². The van der Waals surface area contributed by atoms with Gasteiger partial charge in [-0.25, -0.2) is 0 Å². The summed E-state index contributed by atoms with van der Waals surface area (Å²) in [6.07, 6.45) is 0. The number of nitriles is 2. The van der Waals surface area contributed by atoms with Crippen LogP contribution in [0.2, 0.25) is 0 Å². The highest BCUT2D eigenvalue weighted by atomic mass is 16.5. The van der Waals surface area contributed by atoms with Crippen LogP contribution >= 0.6 is 0 Å². The van der Waals surface area contributed by atoms with Crippen molar-refractivity contribution in [3.63, 3.8) is 0 Å². The molecule has 58 heavy (non-hydrogen) atoms. The van der Waals surface area contributed by atoms with Crippen molar-refractivity contribution in [1.82, 2.24) is 0 Å². The first-order chi connectivity index (χ1) is 28.7. The highest BCUT2D eigenvalue weighted by Gasteiger charge is 2.47. The summed E-state index contributed by atoms with van der Waals surface area (Å²) in [5.41, 5.74) is 9.37. The van der Waals surface area contributed by atoms with Gasteiger partial charge in [0.25, 0.3) is 0 Å². The summed E-state index contributed by atoms with van der Waals surface area (Å²) >= 11 is 0. The molecule has 0 bridgehead atoms. The summed E-state index contributed by atoms with van der Waals surface area (Å²) in [7, 11) is 0. The van der Waals surface area contributed by atoms with E-state index >= 15 is 0 Å². The second-order valence-corrected chi connectivity index (χ2v) is 14.7. The standard InChI is InChI=1S/C53H32N4O/c54-33-37-31-38(34-55)48(57-46-25-13-14-26-49(46)58-50-30-28-36-16-8-10-22-42(36)52(50)57)32-47(37)56-45-24-12-11-23-43(45)53(39-17-3-1-4-18-39,40-19-5-2-6-20-40)44-29-27-35-15-7-9-21-41(35)51(44)56/h1-32H. The molecule has 9 aromatic carbocycles. The van der Waals surface area contributed by atoms with Gasteiger partial charge in [0, 0.05) is 10.8 Å². The number of anilines is 6. The number of rotatable bonds is 4. The predicted molar refractivity (Wildman–Crippen MR) is 232 cm³/mol. The smallest absolute Gasteiger partial charge is 0.152 e. The molecule has 5 heteroatoms. The molecule has 0 radical (unpaired) electrons. The van der Waals surface area contributed by atoms with Gasteiger partial charge in [0.05, 0.1) is 50.7 Å². The monoisotopic (exact) mass is 740 g/mol. The Bertz CT molecular complexity index is 3160. The molecule has 11 rings (SSSR count). The molecule has 0 aliphatic carbocycles. The van der Waals surface area contributed by atoms with Crippen LogP contribution in [0.3, 0.4) is 0 Å². The minimum absolute atomic E-state index is 0.377. The highest BCUT2D eigenvalue weighted by Crippen LogP contribution is 2.61. The third kappa shape index (κ3) is 4.68. The van der Waals surface area contributed by atoms with Gasteiger partial charge in [-0.05, 0) is 69.4 Å². The lowest BCUT2D eigenvalue weighted by atomic mass is 9.62. The van der Waals surface area contributed by atoms with Gasteiger partial charge in [-0.2, -0.15) is 10.5 Å². The van der Waals surface area contributed by atoms with E-state index in [4.69, 9.17) is 4.74 Å². The van der Waals surface area contributed by atoms with Gasteiger partial charge in [0.1, 0.15) is 12.1 Å². The Morgan fingerprint density at radius 1 is 0.397 bits per heavy atom. The number of fused-ring (bicyclic) bond motifs is 8. The molecule has 5 nitrogen and oxygen atoms in total. The molecule has 0 saturated heterocycles. The van der Waals surface area contributed by atoms with Crippen molar-refractivity contribution < 1.29 is 4.74 Å². The molecular weight excluding hydrogens is 709 g/mol. The zero-order valence-electron chi connectivity index (χ0n) is 31.2. The Kier molecular flexibility index (Phi) is 7.44. The first kappa shape index (κ1) is 33.2. The summed E-state index contributed by atoms with van der Waals surface area (Å²) < 4.78 is 6.56. The van der Waals surface area contributed by atoms with E-state index in [2.05, 4.69) is 161 Å². The first-order valence-electron chi connectivity index (χ1n) is 19.3. The molecule has 2 heterocycles. The molecule has 270 valence electrons. The third-order valence-electron chi connectivity index (χ3n) is 11.7. The largest absolute Gasteiger partial charge is 0.453 e. The summed E-state index contributed by atoms with van der Waals surface area (Å²) in [4.78, 5) is 4.40. The summed E-state index contributed by atoms with van der Waals surface area (Å²) in [5, 5.41) is 26.2. The van der Waals surface area contributed by atoms with E-state index in [1.807, 2.05) is 48.5 Å². The van der Waals surface area contributed by atoms with E-state index in [1.54, 1.807) is 6.07 Å². The molecule has 0 aromatic heterocycles. The van der Waals surface area contributed by atoms with Crippen LogP contribution in [-0.2, 0) is 5.41 Å². The molecule has 9 aromatic rings. The third-order valence-corrected chi connectivity index (χ3v) is 11.7. The minimum Gasteiger partial charge on any atom is -0.453 e. The Hall–Kier alpha value is -8.12. The Balaban J connectivity index is 1.27. The van der Waals surface area contributed by atoms with Crippen LogP contribution in [-0.4, -0.2) is 0 Å².